The average molecular weight is 436 g/mol. The van der Waals surface area contributed by atoms with Crippen LogP contribution >= 0.6 is 23.2 Å². The molecule has 2 aromatic rings. The molecule has 8 heteroatoms. The number of carbonyl (C=O) groups is 3. The topological polar surface area (TPSA) is 81.7 Å². The molecule has 6 nitrogen and oxygen atoms in total. The fraction of sp³-hybridized carbons (Fsp3) is 0.286. The number of fused-ring (bicyclic) bond motifs is 1. The second kappa shape index (κ2) is 8.05. The number of amides is 1. The summed E-state index contributed by atoms with van der Waals surface area (Å²) >= 11 is 12.7. The van der Waals surface area contributed by atoms with E-state index in [2.05, 4.69) is 10.1 Å². The Morgan fingerprint density at radius 3 is 2.41 bits per heavy atom. The number of hydrogen-bond acceptors (Lipinski definition) is 5. The van der Waals surface area contributed by atoms with Gasteiger partial charge in [-0.3, -0.25) is 9.59 Å². The van der Waals surface area contributed by atoms with Crippen LogP contribution in [0.3, 0.4) is 0 Å². The lowest BCUT2D eigenvalue weighted by Gasteiger charge is -2.23. The molecule has 0 radical (unpaired) electrons. The standard InChI is InChI=1S/C21H19Cl2NO5/c1-11(25)24-14-6-4-13(5-7-14)21(2)9-12-8-15(29-10-16(26)28-3)18(22)19(23)17(12)20(21)27/h4-8H,9-10H2,1-3H3,(H,24,25)/t21-/m0/s1. The van der Waals surface area contributed by atoms with Gasteiger partial charge in [-0.15, -0.1) is 0 Å². The van der Waals surface area contributed by atoms with Gasteiger partial charge in [0.1, 0.15) is 10.8 Å². The molecule has 0 bridgehead atoms. The molecule has 29 heavy (non-hydrogen) atoms. The van der Waals surface area contributed by atoms with Gasteiger partial charge in [-0.2, -0.15) is 0 Å². The van der Waals surface area contributed by atoms with E-state index in [1.165, 1.54) is 14.0 Å². The Balaban J connectivity index is 1.94. The summed E-state index contributed by atoms with van der Waals surface area (Å²) in [7, 11) is 1.25. The van der Waals surface area contributed by atoms with E-state index < -0.39 is 11.4 Å². The van der Waals surface area contributed by atoms with Gasteiger partial charge >= 0.3 is 5.97 Å². The van der Waals surface area contributed by atoms with Crippen LogP contribution < -0.4 is 10.1 Å². The van der Waals surface area contributed by atoms with Gasteiger partial charge in [0.25, 0.3) is 0 Å². The van der Waals surface area contributed by atoms with Crippen molar-refractivity contribution in [3.8, 4) is 5.75 Å². The largest absolute Gasteiger partial charge is 0.480 e. The number of carbonyl (C=O) groups excluding carboxylic acids is 3. The fourth-order valence-electron chi connectivity index (χ4n) is 3.43. The van der Waals surface area contributed by atoms with Crippen molar-refractivity contribution in [1.82, 2.24) is 0 Å². The van der Waals surface area contributed by atoms with E-state index in [0.29, 0.717) is 23.2 Å². The van der Waals surface area contributed by atoms with Crippen LogP contribution in [0.5, 0.6) is 5.75 Å². The lowest BCUT2D eigenvalue weighted by atomic mass is 9.79. The van der Waals surface area contributed by atoms with Gasteiger partial charge in [-0.1, -0.05) is 35.3 Å². The van der Waals surface area contributed by atoms with Crippen LogP contribution in [-0.2, 0) is 26.2 Å². The molecule has 0 unspecified atom stereocenters. The van der Waals surface area contributed by atoms with Crippen molar-refractivity contribution in [2.45, 2.75) is 25.7 Å². The van der Waals surface area contributed by atoms with Crippen LogP contribution in [0.15, 0.2) is 30.3 Å². The molecule has 1 N–H and O–H groups in total. The van der Waals surface area contributed by atoms with E-state index in [-0.39, 0.29) is 34.1 Å². The SMILES string of the molecule is COC(=O)COc1cc2c(c(Cl)c1Cl)C(=O)[C@](C)(c1ccc(NC(C)=O)cc1)C2. The first-order chi connectivity index (χ1) is 13.7. The van der Waals surface area contributed by atoms with Crippen LogP contribution in [-0.4, -0.2) is 31.4 Å². The molecule has 0 fully saturated rings. The van der Waals surface area contributed by atoms with Crippen LogP contribution in [0.4, 0.5) is 5.69 Å². The van der Waals surface area contributed by atoms with E-state index in [4.69, 9.17) is 27.9 Å². The maximum atomic E-state index is 13.3. The highest BCUT2D eigenvalue weighted by molar-refractivity contribution is 6.45. The summed E-state index contributed by atoms with van der Waals surface area (Å²) in [6.07, 6.45) is 0.395. The summed E-state index contributed by atoms with van der Waals surface area (Å²) in [6.45, 7) is 2.95. The number of halogens is 2. The Bertz CT molecular complexity index is 1000. The van der Waals surface area contributed by atoms with Crippen molar-refractivity contribution >= 4 is 46.5 Å². The summed E-state index contributed by atoms with van der Waals surface area (Å²) in [4.78, 5) is 35.8. The summed E-state index contributed by atoms with van der Waals surface area (Å²) in [5.74, 6) is -0.655. The Hall–Kier alpha value is -2.57. The molecular weight excluding hydrogens is 417 g/mol. The minimum Gasteiger partial charge on any atom is -0.480 e. The lowest BCUT2D eigenvalue weighted by Crippen LogP contribution is -2.29. The quantitative estimate of drug-likeness (QED) is 0.711. The Morgan fingerprint density at radius 2 is 1.83 bits per heavy atom. The Kier molecular flexibility index (Phi) is 5.87. The first kappa shape index (κ1) is 21.1. The van der Waals surface area contributed by atoms with E-state index >= 15 is 0 Å². The zero-order valence-electron chi connectivity index (χ0n) is 16.1. The second-order valence-electron chi connectivity index (χ2n) is 7.00. The molecule has 0 aromatic heterocycles. The molecule has 2 aromatic carbocycles. The highest BCUT2D eigenvalue weighted by Gasteiger charge is 2.45. The zero-order valence-corrected chi connectivity index (χ0v) is 17.6. The van der Waals surface area contributed by atoms with Crippen molar-refractivity contribution < 1.29 is 23.9 Å². The molecule has 152 valence electrons. The van der Waals surface area contributed by atoms with E-state index in [0.717, 1.165) is 5.56 Å². The maximum absolute atomic E-state index is 13.3. The van der Waals surface area contributed by atoms with Crippen LogP contribution in [0.1, 0.15) is 35.3 Å². The third-order valence-electron chi connectivity index (χ3n) is 4.94. The maximum Gasteiger partial charge on any atom is 0.343 e. The van der Waals surface area contributed by atoms with Crippen molar-refractivity contribution in [3.05, 3.63) is 57.1 Å². The minimum absolute atomic E-state index is 0.0768. The summed E-state index contributed by atoms with van der Waals surface area (Å²) in [6, 6.07) is 8.75. The predicted molar refractivity (Wildman–Crippen MR) is 110 cm³/mol. The van der Waals surface area contributed by atoms with E-state index in [1.54, 1.807) is 30.3 Å². The molecule has 0 heterocycles. The number of benzene rings is 2. The van der Waals surface area contributed by atoms with Gasteiger partial charge in [0.05, 0.1) is 17.5 Å². The van der Waals surface area contributed by atoms with Gasteiger partial charge in [0.15, 0.2) is 12.4 Å². The van der Waals surface area contributed by atoms with E-state index in [1.807, 2.05) is 6.92 Å². The number of anilines is 1. The fourth-order valence-corrected chi connectivity index (χ4v) is 3.94. The average Bonchev–Trinajstić information content (AvgIpc) is 2.94. The number of esters is 1. The van der Waals surface area contributed by atoms with Gasteiger partial charge < -0.3 is 14.8 Å². The first-order valence-electron chi connectivity index (χ1n) is 8.80. The van der Waals surface area contributed by atoms with Crippen molar-refractivity contribution in [2.75, 3.05) is 19.0 Å². The number of hydrogen-bond donors (Lipinski definition) is 1. The van der Waals surface area contributed by atoms with Gasteiger partial charge in [-0.25, -0.2) is 4.79 Å². The lowest BCUT2D eigenvalue weighted by molar-refractivity contribution is -0.142. The molecule has 0 aliphatic heterocycles. The normalized spacial score (nSPS) is 17.6. The van der Waals surface area contributed by atoms with Crippen molar-refractivity contribution in [3.63, 3.8) is 0 Å². The van der Waals surface area contributed by atoms with Crippen LogP contribution in [0.2, 0.25) is 10.0 Å². The van der Waals surface area contributed by atoms with Crippen LogP contribution in [0, 0.1) is 0 Å². The first-order valence-corrected chi connectivity index (χ1v) is 9.56. The Morgan fingerprint density at radius 1 is 1.17 bits per heavy atom. The predicted octanol–water partition coefficient (Wildman–Crippen LogP) is 4.20. The summed E-state index contributed by atoms with van der Waals surface area (Å²) in [5, 5.41) is 2.88. The number of ether oxygens (including phenoxy) is 2. The number of nitrogens with one attached hydrogen (secondary N) is 1. The number of rotatable bonds is 5. The van der Waals surface area contributed by atoms with Gasteiger partial charge in [0, 0.05) is 18.2 Å². The molecule has 0 saturated carbocycles. The number of ketones is 1. The van der Waals surface area contributed by atoms with E-state index in [9.17, 15) is 14.4 Å². The molecule has 3 rings (SSSR count). The third kappa shape index (κ3) is 3.95. The summed E-state index contributed by atoms with van der Waals surface area (Å²) < 4.78 is 9.97. The molecule has 0 spiro atoms. The highest BCUT2D eigenvalue weighted by atomic mass is 35.5. The monoisotopic (exact) mass is 435 g/mol. The van der Waals surface area contributed by atoms with Crippen molar-refractivity contribution in [2.24, 2.45) is 0 Å². The third-order valence-corrected chi connectivity index (χ3v) is 5.79. The molecule has 1 amide bonds. The minimum atomic E-state index is -0.842. The Labute approximate surface area is 178 Å². The second-order valence-corrected chi connectivity index (χ2v) is 7.75. The smallest absolute Gasteiger partial charge is 0.343 e. The summed E-state index contributed by atoms with van der Waals surface area (Å²) in [5.41, 5.74) is 1.64. The molecule has 1 aliphatic carbocycles. The zero-order chi connectivity index (χ0) is 21.3. The number of Topliss-reactive ketones (excluding diaryl/α,β-unsaturated/α-hetero) is 1. The van der Waals surface area contributed by atoms with Crippen molar-refractivity contribution in [1.29, 1.82) is 0 Å². The van der Waals surface area contributed by atoms with Crippen LogP contribution in [0.25, 0.3) is 0 Å². The van der Waals surface area contributed by atoms with Gasteiger partial charge in [-0.05, 0) is 42.7 Å². The number of methoxy groups -OCH3 is 1. The molecule has 0 saturated heterocycles. The molecular formula is C21H19Cl2NO5. The highest BCUT2D eigenvalue weighted by Crippen LogP contribution is 2.47. The molecule has 1 atom stereocenters. The van der Waals surface area contributed by atoms with Gasteiger partial charge in [0.2, 0.25) is 5.91 Å². The molecule has 1 aliphatic rings.